The number of thiazole rings is 1. The van der Waals surface area contributed by atoms with Gasteiger partial charge in [0.15, 0.2) is 6.61 Å². The van der Waals surface area contributed by atoms with Crippen LogP contribution in [-0.2, 0) is 9.47 Å². The van der Waals surface area contributed by atoms with E-state index in [0.29, 0.717) is 22.4 Å². The smallest absolute Gasteiger partial charge is 0.339 e. The molecule has 2 heterocycles. The number of H-pyrrole nitrogens is 1. The second-order valence-electron chi connectivity index (χ2n) is 5.65. The first-order valence-corrected chi connectivity index (χ1v) is 8.61. The van der Waals surface area contributed by atoms with Gasteiger partial charge in [0.25, 0.3) is 0 Å². The number of fused-ring (bicyclic) bond motifs is 1. The zero-order chi connectivity index (χ0) is 18.8. The van der Waals surface area contributed by atoms with Crippen LogP contribution in [0.3, 0.4) is 0 Å². The van der Waals surface area contributed by atoms with E-state index >= 15 is 0 Å². The molecule has 3 rings (SSSR count). The molecule has 0 amide bonds. The van der Waals surface area contributed by atoms with E-state index in [4.69, 9.17) is 9.47 Å². The molecular formula is C18H16N2O5S. The zero-order valence-electron chi connectivity index (χ0n) is 14.4. The summed E-state index contributed by atoms with van der Waals surface area (Å²) >= 11 is 1.42. The lowest BCUT2D eigenvalue weighted by Gasteiger charge is -2.05. The molecule has 134 valence electrons. The number of nitrogens with zero attached hydrogens (tertiary/aromatic N) is 1. The molecule has 7 nitrogen and oxygen atoms in total. The number of aromatic amines is 1. The molecule has 0 atom stereocenters. The maximum absolute atomic E-state index is 12.4. The molecule has 1 aromatic carbocycles. The van der Waals surface area contributed by atoms with Crippen molar-refractivity contribution in [1.29, 1.82) is 0 Å². The van der Waals surface area contributed by atoms with Gasteiger partial charge in [-0.1, -0.05) is 0 Å². The SMILES string of the molecule is COC(=O)c1c(C)[nH]c(C(=O)COC(=O)c2ccc3ncsc3c2)c1C. The second kappa shape index (κ2) is 7.09. The molecule has 8 heteroatoms. The molecule has 26 heavy (non-hydrogen) atoms. The summed E-state index contributed by atoms with van der Waals surface area (Å²) in [6.07, 6.45) is 0. The van der Waals surface area contributed by atoms with Crippen LogP contribution in [0.4, 0.5) is 0 Å². The topological polar surface area (TPSA) is 98.4 Å². The lowest BCUT2D eigenvalue weighted by atomic mass is 10.1. The van der Waals surface area contributed by atoms with Crippen LogP contribution in [0.5, 0.6) is 0 Å². The third-order valence-corrected chi connectivity index (χ3v) is 4.80. The van der Waals surface area contributed by atoms with Crippen LogP contribution in [0.15, 0.2) is 23.7 Å². The lowest BCUT2D eigenvalue weighted by Crippen LogP contribution is -2.15. The molecule has 0 unspecified atom stereocenters. The van der Waals surface area contributed by atoms with E-state index in [1.165, 1.54) is 18.4 Å². The van der Waals surface area contributed by atoms with Crippen LogP contribution in [0.1, 0.15) is 42.5 Å². The molecule has 0 saturated heterocycles. The molecule has 0 bridgehead atoms. The number of carbonyl (C=O) groups excluding carboxylic acids is 3. The largest absolute Gasteiger partial charge is 0.465 e. The molecule has 0 aliphatic heterocycles. The number of methoxy groups -OCH3 is 1. The van der Waals surface area contributed by atoms with Crippen molar-refractivity contribution in [3.63, 3.8) is 0 Å². The summed E-state index contributed by atoms with van der Waals surface area (Å²) < 4.78 is 10.7. The first-order chi connectivity index (χ1) is 12.4. The van der Waals surface area contributed by atoms with Crippen molar-refractivity contribution < 1.29 is 23.9 Å². The number of rotatable bonds is 5. The van der Waals surface area contributed by atoms with Gasteiger partial charge in [-0.05, 0) is 37.6 Å². The highest BCUT2D eigenvalue weighted by atomic mass is 32.1. The Morgan fingerprint density at radius 1 is 1.19 bits per heavy atom. The number of carbonyl (C=O) groups is 3. The lowest BCUT2D eigenvalue weighted by molar-refractivity contribution is 0.0473. The molecule has 0 aliphatic carbocycles. The van der Waals surface area contributed by atoms with Gasteiger partial charge in [0.2, 0.25) is 5.78 Å². The van der Waals surface area contributed by atoms with E-state index in [1.807, 2.05) is 0 Å². The number of benzene rings is 1. The third kappa shape index (κ3) is 3.23. The fourth-order valence-electron chi connectivity index (χ4n) is 2.71. The van der Waals surface area contributed by atoms with Crippen LogP contribution in [-0.4, -0.2) is 41.4 Å². The number of ketones is 1. The zero-order valence-corrected chi connectivity index (χ0v) is 15.2. The van der Waals surface area contributed by atoms with Crippen LogP contribution in [0.2, 0.25) is 0 Å². The minimum absolute atomic E-state index is 0.230. The Kier molecular flexibility index (Phi) is 4.85. The maximum atomic E-state index is 12.4. The molecule has 0 aliphatic rings. The van der Waals surface area contributed by atoms with Crippen LogP contribution >= 0.6 is 11.3 Å². The maximum Gasteiger partial charge on any atom is 0.339 e. The standard InChI is InChI=1S/C18H16N2O5S/c1-9-15(18(23)24-3)10(2)20-16(9)13(21)7-25-17(22)11-4-5-12-14(6-11)26-8-19-12/h4-6,8,20H,7H2,1-3H3. The minimum atomic E-state index is -0.595. The van der Waals surface area contributed by atoms with E-state index < -0.39 is 24.3 Å². The summed E-state index contributed by atoms with van der Waals surface area (Å²) in [5.74, 6) is -1.54. The van der Waals surface area contributed by atoms with Crippen molar-refractivity contribution in [2.75, 3.05) is 13.7 Å². The van der Waals surface area contributed by atoms with Gasteiger partial charge in [0, 0.05) is 5.69 Å². The Hall–Kier alpha value is -3.00. The number of hydrogen-bond donors (Lipinski definition) is 1. The molecule has 3 aromatic rings. The normalized spacial score (nSPS) is 10.7. The quantitative estimate of drug-likeness (QED) is 0.546. The van der Waals surface area contributed by atoms with Gasteiger partial charge >= 0.3 is 11.9 Å². The van der Waals surface area contributed by atoms with Crippen molar-refractivity contribution >= 4 is 39.3 Å². The first kappa shape index (κ1) is 17.8. The molecule has 0 spiro atoms. The van der Waals surface area contributed by atoms with Crippen molar-refractivity contribution in [1.82, 2.24) is 9.97 Å². The van der Waals surface area contributed by atoms with Crippen molar-refractivity contribution in [2.45, 2.75) is 13.8 Å². The van der Waals surface area contributed by atoms with E-state index in [1.54, 1.807) is 37.6 Å². The molecular weight excluding hydrogens is 356 g/mol. The summed E-state index contributed by atoms with van der Waals surface area (Å²) in [4.78, 5) is 43.4. The summed E-state index contributed by atoms with van der Waals surface area (Å²) in [5, 5.41) is 0. The van der Waals surface area contributed by atoms with E-state index in [0.717, 1.165) is 10.2 Å². The highest BCUT2D eigenvalue weighted by Crippen LogP contribution is 2.21. The van der Waals surface area contributed by atoms with Crippen molar-refractivity contribution in [3.8, 4) is 0 Å². The summed E-state index contributed by atoms with van der Waals surface area (Å²) in [6, 6.07) is 5.01. The van der Waals surface area contributed by atoms with Gasteiger partial charge < -0.3 is 14.5 Å². The van der Waals surface area contributed by atoms with Crippen LogP contribution in [0, 0.1) is 13.8 Å². The Morgan fingerprint density at radius 2 is 1.96 bits per heavy atom. The van der Waals surface area contributed by atoms with Crippen molar-refractivity contribution in [3.05, 3.63) is 51.8 Å². The fraction of sp³-hybridized carbons (Fsp3) is 0.222. The van der Waals surface area contributed by atoms with Gasteiger partial charge in [-0.2, -0.15) is 0 Å². The van der Waals surface area contributed by atoms with Crippen LogP contribution < -0.4 is 0 Å². The number of nitrogens with one attached hydrogen (secondary N) is 1. The first-order valence-electron chi connectivity index (χ1n) is 7.73. The van der Waals surface area contributed by atoms with Gasteiger partial charge in [-0.25, -0.2) is 14.6 Å². The minimum Gasteiger partial charge on any atom is -0.465 e. The summed E-state index contributed by atoms with van der Waals surface area (Å²) in [7, 11) is 1.28. The van der Waals surface area contributed by atoms with E-state index in [9.17, 15) is 14.4 Å². The van der Waals surface area contributed by atoms with Gasteiger partial charge in [0.1, 0.15) is 0 Å². The predicted molar refractivity (Wildman–Crippen MR) is 95.8 cm³/mol. The van der Waals surface area contributed by atoms with E-state index in [2.05, 4.69) is 9.97 Å². The van der Waals surface area contributed by atoms with E-state index in [-0.39, 0.29) is 5.69 Å². The van der Waals surface area contributed by atoms with Crippen LogP contribution in [0.25, 0.3) is 10.2 Å². The summed E-state index contributed by atoms with van der Waals surface area (Å²) in [5.41, 5.74) is 4.39. The number of aryl methyl sites for hydroxylation is 1. The number of esters is 2. The monoisotopic (exact) mass is 372 g/mol. The second-order valence-corrected chi connectivity index (χ2v) is 6.54. The van der Waals surface area contributed by atoms with Gasteiger partial charge in [0.05, 0.1) is 39.7 Å². The number of aromatic nitrogens is 2. The Balaban J connectivity index is 1.72. The highest BCUT2D eigenvalue weighted by molar-refractivity contribution is 7.16. The Morgan fingerprint density at radius 3 is 2.69 bits per heavy atom. The molecule has 1 N–H and O–H groups in total. The number of Topliss-reactive ketones (excluding diaryl/α,β-unsaturated/α-hetero) is 1. The highest BCUT2D eigenvalue weighted by Gasteiger charge is 2.23. The van der Waals surface area contributed by atoms with Gasteiger partial charge in [-0.15, -0.1) is 11.3 Å². The Labute approximate surface area is 153 Å². The summed E-state index contributed by atoms with van der Waals surface area (Å²) in [6.45, 7) is 2.88. The molecule has 2 aromatic heterocycles. The third-order valence-electron chi connectivity index (χ3n) is 4.01. The number of hydrogen-bond acceptors (Lipinski definition) is 7. The average Bonchev–Trinajstić information content (AvgIpc) is 3.22. The molecule has 0 saturated carbocycles. The predicted octanol–water partition coefficient (Wildman–Crippen LogP) is 3.07. The number of ether oxygens (including phenoxy) is 2. The average molecular weight is 372 g/mol. The Bertz CT molecular complexity index is 1020. The molecule has 0 radical (unpaired) electrons. The molecule has 0 fully saturated rings. The van der Waals surface area contributed by atoms with Gasteiger partial charge in [-0.3, -0.25) is 4.79 Å². The fourth-order valence-corrected chi connectivity index (χ4v) is 3.42. The van der Waals surface area contributed by atoms with Crippen molar-refractivity contribution in [2.24, 2.45) is 0 Å².